The van der Waals surface area contributed by atoms with Gasteiger partial charge in [0.1, 0.15) is 0 Å². The number of anilines is 1. The van der Waals surface area contributed by atoms with Crippen LogP contribution in [-0.2, 0) is 13.0 Å². The molecule has 1 aliphatic heterocycles. The normalized spacial score (nSPS) is 13.1. The van der Waals surface area contributed by atoms with Crippen LogP contribution >= 0.6 is 22.7 Å². The van der Waals surface area contributed by atoms with Crippen molar-refractivity contribution in [3.63, 3.8) is 0 Å². The van der Waals surface area contributed by atoms with Gasteiger partial charge in [-0.1, -0.05) is 23.5 Å². The molecule has 0 saturated carbocycles. The summed E-state index contributed by atoms with van der Waals surface area (Å²) in [5, 5.41) is 16.3. The van der Waals surface area contributed by atoms with Gasteiger partial charge in [-0.2, -0.15) is 0 Å². The number of aromatic nitrogens is 1. The monoisotopic (exact) mass is 428 g/mol. The van der Waals surface area contributed by atoms with Crippen LogP contribution in [0.3, 0.4) is 0 Å². The van der Waals surface area contributed by atoms with Gasteiger partial charge in [0.25, 0.3) is 17.5 Å². The molecule has 1 aromatic carbocycles. The summed E-state index contributed by atoms with van der Waals surface area (Å²) < 4.78 is 0. The lowest BCUT2D eigenvalue weighted by Crippen LogP contribution is -2.35. The number of nitro groups is 1. The van der Waals surface area contributed by atoms with Crippen LogP contribution < -0.4 is 5.32 Å². The fourth-order valence-corrected chi connectivity index (χ4v) is 4.75. The van der Waals surface area contributed by atoms with Crippen molar-refractivity contribution in [1.82, 2.24) is 9.88 Å². The minimum Gasteiger partial charge on any atom is -0.333 e. The summed E-state index contributed by atoms with van der Waals surface area (Å²) in [6.07, 6.45) is 0.570. The first-order chi connectivity index (χ1) is 13.9. The van der Waals surface area contributed by atoms with Gasteiger partial charge in [0.05, 0.1) is 22.0 Å². The molecule has 0 radical (unpaired) electrons. The van der Waals surface area contributed by atoms with Crippen molar-refractivity contribution in [1.29, 1.82) is 0 Å². The number of thiazole rings is 1. The Morgan fingerprint density at radius 1 is 1.31 bits per heavy atom. The first kappa shape index (κ1) is 19.2. The van der Waals surface area contributed by atoms with E-state index in [1.54, 1.807) is 30.0 Å². The Hall–Kier alpha value is -3.11. The molecule has 0 aliphatic carbocycles. The third-order valence-electron chi connectivity index (χ3n) is 4.64. The highest BCUT2D eigenvalue weighted by Crippen LogP contribution is 2.30. The van der Waals surface area contributed by atoms with Crippen LogP contribution in [0.5, 0.6) is 0 Å². The average molecular weight is 428 g/mol. The Kier molecular flexibility index (Phi) is 5.12. The first-order valence-corrected chi connectivity index (χ1v) is 10.5. The van der Waals surface area contributed by atoms with Gasteiger partial charge in [0.15, 0.2) is 5.13 Å². The van der Waals surface area contributed by atoms with Crippen LogP contribution in [-0.4, -0.2) is 33.2 Å². The molecule has 10 heteroatoms. The molecule has 8 nitrogen and oxygen atoms in total. The molecular formula is C19H16N4O4S2. The van der Waals surface area contributed by atoms with E-state index >= 15 is 0 Å². The van der Waals surface area contributed by atoms with Crippen LogP contribution in [0.1, 0.15) is 36.2 Å². The number of nitrogens with zero attached hydrogens (tertiary/aromatic N) is 3. The summed E-state index contributed by atoms with van der Waals surface area (Å²) in [7, 11) is 0. The molecule has 2 amide bonds. The molecule has 0 fully saturated rings. The highest BCUT2D eigenvalue weighted by molar-refractivity contribution is 7.16. The van der Waals surface area contributed by atoms with E-state index in [0.717, 1.165) is 10.6 Å². The number of amides is 2. The summed E-state index contributed by atoms with van der Waals surface area (Å²) in [6, 6.07) is 8.08. The maximum Gasteiger partial charge on any atom is 0.273 e. The SMILES string of the molecule is Cc1ccc(C(=O)N2CCc3nc(NC(=O)c4cccs4)sc3C2)cc1[N+](=O)[O-]. The van der Waals surface area contributed by atoms with Crippen molar-refractivity contribution in [2.75, 3.05) is 11.9 Å². The Morgan fingerprint density at radius 3 is 2.86 bits per heavy atom. The maximum absolute atomic E-state index is 12.9. The van der Waals surface area contributed by atoms with Crippen molar-refractivity contribution >= 4 is 45.3 Å². The third-order valence-corrected chi connectivity index (χ3v) is 6.50. The number of nitrogens with one attached hydrogen (secondary N) is 1. The molecule has 0 unspecified atom stereocenters. The molecule has 0 bridgehead atoms. The summed E-state index contributed by atoms with van der Waals surface area (Å²) in [6.45, 7) is 2.47. The number of hydrogen-bond donors (Lipinski definition) is 1. The van der Waals surface area contributed by atoms with Gasteiger partial charge in [-0.15, -0.1) is 11.3 Å². The summed E-state index contributed by atoms with van der Waals surface area (Å²) in [5.41, 5.74) is 1.61. The Balaban J connectivity index is 1.49. The smallest absolute Gasteiger partial charge is 0.273 e. The quantitative estimate of drug-likeness (QED) is 0.502. The van der Waals surface area contributed by atoms with Crippen molar-refractivity contribution in [2.24, 2.45) is 0 Å². The van der Waals surface area contributed by atoms with E-state index in [2.05, 4.69) is 10.3 Å². The number of carbonyl (C=O) groups is 2. The molecule has 148 valence electrons. The fraction of sp³-hybridized carbons (Fsp3) is 0.211. The highest BCUT2D eigenvalue weighted by atomic mass is 32.1. The number of hydrogen-bond acceptors (Lipinski definition) is 7. The van der Waals surface area contributed by atoms with E-state index < -0.39 is 4.92 Å². The van der Waals surface area contributed by atoms with Crippen molar-refractivity contribution in [3.8, 4) is 0 Å². The number of nitro benzene ring substituents is 1. The molecule has 0 atom stereocenters. The Labute approximate surface area is 174 Å². The van der Waals surface area contributed by atoms with Crippen LogP contribution in [0.15, 0.2) is 35.7 Å². The maximum atomic E-state index is 12.9. The number of thiophene rings is 1. The largest absolute Gasteiger partial charge is 0.333 e. The van der Waals surface area contributed by atoms with Gasteiger partial charge in [-0.25, -0.2) is 4.98 Å². The number of aryl methyl sites for hydroxylation is 1. The van der Waals surface area contributed by atoms with Crippen molar-refractivity contribution in [3.05, 3.63) is 72.4 Å². The van der Waals surface area contributed by atoms with Crippen LogP contribution in [0.2, 0.25) is 0 Å². The lowest BCUT2D eigenvalue weighted by Gasteiger charge is -2.26. The summed E-state index contributed by atoms with van der Waals surface area (Å²) >= 11 is 2.70. The molecular weight excluding hydrogens is 412 g/mol. The van der Waals surface area contributed by atoms with Gasteiger partial charge in [0, 0.05) is 35.0 Å². The van der Waals surface area contributed by atoms with Gasteiger partial charge >= 0.3 is 0 Å². The zero-order chi connectivity index (χ0) is 20.5. The van der Waals surface area contributed by atoms with Crippen molar-refractivity contribution < 1.29 is 14.5 Å². The molecule has 4 rings (SSSR count). The second kappa shape index (κ2) is 7.72. The fourth-order valence-electron chi connectivity index (χ4n) is 3.11. The molecule has 3 heterocycles. The molecule has 29 heavy (non-hydrogen) atoms. The Bertz CT molecular complexity index is 1110. The van der Waals surface area contributed by atoms with E-state index in [9.17, 15) is 19.7 Å². The zero-order valence-electron chi connectivity index (χ0n) is 15.4. The molecule has 1 N–H and O–H groups in total. The van der Waals surface area contributed by atoms with Gasteiger partial charge in [0.2, 0.25) is 0 Å². The Morgan fingerprint density at radius 2 is 2.14 bits per heavy atom. The van der Waals surface area contributed by atoms with E-state index in [1.807, 2.05) is 11.4 Å². The minimum atomic E-state index is -0.480. The third kappa shape index (κ3) is 3.89. The number of fused-ring (bicyclic) bond motifs is 1. The first-order valence-electron chi connectivity index (χ1n) is 8.80. The van der Waals surface area contributed by atoms with Crippen molar-refractivity contribution in [2.45, 2.75) is 19.9 Å². The van der Waals surface area contributed by atoms with E-state index in [1.165, 1.54) is 28.7 Å². The molecule has 0 spiro atoms. The second-order valence-corrected chi connectivity index (χ2v) is 8.59. The van der Waals surface area contributed by atoms with Crippen LogP contribution in [0.4, 0.5) is 10.8 Å². The van der Waals surface area contributed by atoms with E-state index in [4.69, 9.17) is 0 Å². The van der Waals surface area contributed by atoms with E-state index in [0.29, 0.717) is 40.6 Å². The van der Waals surface area contributed by atoms with Gasteiger partial charge in [-0.05, 0) is 24.4 Å². The standard InChI is InChI=1S/C19H16N4O4S2/c1-11-4-5-12(9-14(11)23(26)27)18(25)22-7-6-13-16(10-22)29-19(20-13)21-17(24)15-3-2-8-28-15/h2-5,8-9H,6-7,10H2,1H3,(H,20,21,24). The number of rotatable bonds is 4. The summed E-state index contributed by atoms with van der Waals surface area (Å²) in [5.74, 6) is -0.456. The molecule has 1 aliphatic rings. The predicted octanol–water partition coefficient (Wildman–Crippen LogP) is 3.87. The topological polar surface area (TPSA) is 105 Å². The lowest BCUT2D eigenvalue weighted by atomic mass is 10.1. The van der Waals surface area contributed by atoms with E-state index in [-0.39, 0.29) is 17.5 Å². The lowest BCUT2D eigenvalue weighted by molar-refractivity contribution is -0.385. The predicted molar refractivity (Wildman–Crippen MR) is 111 cm³/mol. The number of benzene rings is 1. The zero-order valence-corrected chi connectivity index (χ0v) is 17.0. The molecule has 3 aromatic rings. The van der Waals surface area contributed by atoms with Gasteiger partial charge in [-0.3, -0.25) is 25.0 Å². The number of carbonyl (C=O) groups excluding carboxylic acids is 2. The average Bonchev–Trinajstić information content (AvgIpc) is 3.36. The minimum absolute atomic E-state index is 0.0649. The van der Waals surface area contributed by atoms with Crippen LogP contribution in [0.25, 0.3) is 0 Å². The van der Waals surface area contributed by atoms with Crippen LogP contribution in [0, 0.1) is 17.0 Å². The molecule has 0 saturated heterocycles. The second-order valence-electron chi connectivity index (χ2n) is 6.56. The highest BCUT2D eigenvalue weighted by Gasteiger charge is 2.26. The molecule has 2 aromatic heterocycles. The van der Waals surface area contributed by atoms with Gasteiger partial charge < -0.3 is 4.90 Å². The summed E-state index contributed by atoms with van der Waals surface area (Å²) in [4.78, 5) is 43.4.